The zero-order chi connectivity index (χ0) is 10.0. The van der Waals surface area contributed by atoms with Gasteiger partial charge >= 0.3 is 0 Å². The Labute approximate surface area is 80.6 Å². The molecule has 1 aromatic carbocycles. The molecule has 0 saturated carbocycles. The zero-order valence-corrected chi connectivity index (χ0v) is 7.75. The minimum Gasteiger partial charge on any atom is -0.504 e. The fraction of sp³-hybridized carbons (Fsp3) is 0.222. The fourth-order valence-corrected chi connectivity index (χ4v) is 1.07. The van der Waals surface area contributed by atoms with E-state index in [0.717, 1.165) is 0 Å². The minimum absolute atomic E-state index is 0.202. The van der Waals surface area contributed by atoms with Crippen LogP contribution in [0.3, 0.4) is 0 Å². The van der Waals surface area contributed by atoms with E-state index in [-0.39, 0.29) is 17.3 Å². The molecule has 0 fully saturated rings. The number of alkyl halides is 1. The lowest BCUT2D eigenvalue weighted by molar-refractivity contribution is -0.116. The Kier molecular flexibility index (Phi) is 2.78. The van der Waals surface area contributed by atoms with Crippen molar-refractivity contribution in [3.63, 3.8) is 0 Å². The van der Waals surface area contributed by atoms with Crippen molar-refractivity contribution in [2.75, 3.05) is 0 Å². The molecule has 0 aromatic heterocycles. The van der Waals surface area contributed by atoms with E-state index in [1.807, 2.05) is 0 Å². The summed E-state index contributed by atoms with van der Waals surface area (Å²) in [7, 11) is 0. The highest BCUT2D eigenvalue weighted by Crippen LogP contribution is 2.30. The standard InChI is InChI=1S/C9H9ClO3/c1-5(11)9(10)6-2-3-7(12)8(13)4-6/h2-4,9,12-13H,1H3. The van der Waals surface area contributed by atoms with Gasteiger partial charge in [0.25, 0.3) is 0 Å². The Bertz CT molecular complexity index is 336. The molecule has 0 aliphatic heterocycles. The van der Waals surface area contributed by atoms with Gasteiger partial charge in [0.1, 0.15) is 5.38 Å². The van der Waals surface area contributed by atoms with E-state index in [1.165, 1.54) is 25.1 Å². The van der Waals surface area contributed by atoms with E-state index in [4.69, 9.17) is 21.8 Å². The molecule has 2 N–H and O–H groups in total. The number of hydrogen-bond acceptors (Lipinski definition) is 3. The van der Waals surface area contributed by atoms with Crippen LogP contribution in [0.1, 0.15) is 17.9 Å². The lowest BCUT2D eigenvalue weighted by Crippen LogP contribution is -2.00. The number of rotatable bonds is 2. The maximum atomic E-state index is 10.9. The van der Waals surface area contributed by atoms with Crippen molar-refractivity contribution in [2.45, 2.75) is 12.3 Å². The topological polar surface area (TPSA) is 57.5 Å². The Hall–Kier alpha value is -1.22. The van der Waals surface area contributed by atoms with Gasteiger partial charge in [-0.15, -0.1) is 11.6 Å². The normalized spacial score (nSPS) is 12.5. The molecule has 0 heterocycles. The quantitative estimate of drug-likeness (QED) is 0.567. The van der Waals surface area contributed by atoms with Crippen LogP contribution in [0.15, 0.2) is 18.2 Å². The monoisotopic (exact) mass is 200 g/mol. The fourth-order valence-electron chi connectivity index (χ4n) is 0.933. The lowest BCUT2D eigenvalue weighted by Gasteiger charge is -2.06. The summed E-state index contributed by atoms with van der Waals surface area (Å²) in [6.45, 7) is 1.36. The third-order valence-electron chi connectivity index (χ3n) is 1.65. The molecular formula is C9H9ClO3. The van der Waals surface area contributed by atoms with Gasteiger partial charge in [0.15, 0.2) is 17.3 Å². The van der Waals surface area contributed by atoms with Gasteiger partial charge in [-0.05, 0) is 24.6 Å². The van der Waals surface area contributed by atoms with Gasteiger partial charge in [0.2, 0.25) is 0 Å². The van der Waals surface area contributed by atoms with Crippen LogP contribution in [0.25, 0.3) is 0 Å². The number of carbonyl (C=O) groups excluding carboxylic acids is 1. The van der Waals surface area contributed by atoms with Crippen molar-refractivity contribution >= 4 is 17.4 Å². The second-order valence-electron chi connectivity index (χ2n) is 2.72. The van der Waals surface area contributed by atoms with E-state index in [0.29, 0.717) is 5.56 Å². The van der Waals surface area contributed by atoms with Gasteiger partial charge in [-0.3, -0.25) is 4.79 Å². The van der Waals surface area contributed by atoms with Crippen molar-refractivity contribution in [3.05, 3.63) is 23.8 Å². The number of ketones is 1. The molecule has 70 valence electrons. The molecule has 0 radical (unpaired) electrons. The SMILES string of the molecule is CC(=O)C(Cl)c1ccc(O)c(O)c1. The van der Waals surface area contributed by atoms with Gasteiger partial charge in [-0.25, -0.2) is 0 Å². The van der Waals surface area contributed by atoms with E-state index in [2.05, 4.69) is 0 Å². The average Bonchev–Trinajstić information content (AvgIpc) is 2.08. The summed E-state index contributed by atoms with van der Waals surface area (Å²) >= 11 is 5.72. The molecule has 3 nitrogen and oxygen atoms in total. The summed E-state index contributed by atoms with van der Waals surface area (Å²) in [5.41, 5.74) is 0.476. The first-order valence-electron chi connectivity index (χ1n) is 3.68. The third-order valence-corrected chi connectivity index (χ3v) is 2.21. The Morgan fingerprint density at radius 2 is 2.00 bits per heavy atom. The van der Waals surface area contributed by atoms with Gasteiger partial charge in [0.05, 0.1) is 0 Å². The van der Waals surface area contributed by atoms with Crippen LogP contribution < -0.4 is 0 Å². The predicted molar refractivity (Wildman–Crippen MR) is 49.0 cm³/mol. The number of phenols is 2. The first kappa shape index (κ1) is 9.86. The van der Waals surface area contributed by atoms with Gasteiger partial charge in [-0.1, -0.05) is 6.07 Å². The Morgan fingerprint density at radius 3 is 2.46 bits per heavy atom. The molecule has 1 rings (SSSR count). The van der Waals surface area contributed by atoms with Gasteiger partial charge < -0.3 is 10.2 Å². The summed E-state index contributed by atoms with van der Waals surface area (Å²) in [5.74, 6) is -0.702. The number of aromatic hydroxyl groups is 2. The van der Waals surface area contributed by atoms with Crippen molar-refractivity contribution in [1.82, 2.24) is 0 Å². The molecule has 1 aromatic rings. The maximum Gasteiger partial charge on any atom is 0.157 e. The highest BCUT2D eigenvalue weighted by Gasteiger charge is 2.14. The molecule has 0 amide bonds. The molecule has 0 bridgehead atoms. The summed E-state index contributed by atoms with van der Waals surface area (Å²) in [6.07, 6.45) is 0. The number of halogens is 1. The van der Waals surface area contributed by atoms with Crippen molar-refractivity contribution in [1.29, 1.82) is 0 Å². The number of carbonyl (C=O) groups is 1. The van der Waals surface area contributed by atoms with Crippen LogP contribution in [0.2, 0.25) is 0 Å². The highest BCUT2D eigenvalue weighted by molar-refractivity contribution is 6.30. The first-order chi connectivity index (χ1) is 6.02. The largest absolute Gasteiger partial charge is 0.504 e. The van der Waals surface area contributed by atoms with E-state index in [9.17, 15) is 4.79 Å². The number of hydrogen-bond donors (Lipinski definition) is 2. The lowest BCUT2D eigenvalue weighted by atomic mass is 10.1. The molecule has 13 heavy (non-hydrogen) atoms. The van der Waals surface area contributed by atoms with E-state index in [1.54, 1.807) is 0 Å². The number of Topliss-reactive ketones (excluding diaryl/α,β-unsaturated/α-hetero) is 1. The molecule has 0 saturated heterocycles. The zero-order valence-electron chi connectivity index (χ0n) is 6.99. The average molecular weight is 201 g/mol. The summed E-state index contributed by atoms with van der Waals surface area (Å²) in [4.78, 5) is 10.9. The number of benzene rings is 1. The summed E-state index contributed by atoms with van der Waals surface area (Å²) in [6, 6.07) is 4.06. The third kappa shape index (κ3) is 2.12. The van der Waals surface area contributed by atoms with Gasteiger partial charge in [-0.2, -0.15) is 0 Å². The van der Waals surface area contributed by atoms with Gasteiger partial charge in [0, 0.05) is 0 Å². The highest BCUT2D eigenvalue weighted by atomic mass is 35.5. The van der Waals surface area contributed by atoms with E-state index >= 15 is 0 Å². The smallest absolute Gasteiger partial charge is 0.157 e. The Morgan fingerprint density at radius 1 is 1.38 bits per heavy atom. The van der Waals surface area contributed by atoms with E-state index < -0.39 is 5.38 Å². The van der Waals surface area contributed by atoms with Crippen LogP contribution in [-0.4, -0.2) is 16.0 Å². The minimum atomic E-state index is -0.772. The second-order valence-corrected chi connectivity index (χ2v) is 3.16. The second kappa shape index (κ2) is 3.66. The predicted octanol–water partition coefficient (Wildman–Crippen LogP) is 1.97. The molecular weight excluding hydrogens is 192 g/mol. The molecule has 0 aliphatic carbocycles. The number of phenolic OH excluding ortho intramolecular Hbond substituents is 2. The molecule has 0 spiro atoms. The van der Waals surface area contributed by atoms with Crippen molar-refractivity contribution in [2.24, 2.45) is 0 Å². The maximum absolute atomic E-state index is 10.9. The van der Waals surface area contributed by atoms with Crippen LogP contribution >= 0.6 is 11.6 Å². The summed E-state index contributed by atoms with van der Waals surface area (Å²) in [5, 5.41) is 17.3. The molecule has 4 heteroatoms. The molecule has 1 unspecified atom stereocenters. The molecule has 0 aliphatic rings. The van der Waals surface area contributed by atoms with Crippen molar-refractivity contribution in [3.8, 4) is 11.5 Å². The van der Waals surface area contributed by atoms with Crippen LogP contribution in [0.5, 0.6) is 11.5 Å². The van der Waals surface area contributed by atoms with Crippen LogP contribution in [0.4, 0.5) is 0 Å². The summed E-state index contributed by atoms with van der Waals surface area (Å²) < 4.78 is 0. The van der Waals surface area contributed by atoms with Crippen LogP contribution in [0, 0.1) is 0 Å². The first-order valence-corrected chi connectivity index (χ1v) is 4.12. The van der Waals surface area contributed by atoms with Crippen molar-refractivity contribution < 1.29 is 15.0 Å². The van der Waals surface area contributed by atoms with Crippen LogP contribution in [-0.2, 0) is 4.79 Å². The Balaban J connectivity index is 3.03. The molecule has 1 atom stereocenters.